The molecule has 0 aromatic heterocycles. The Morgan fingerprint density at radius 2 is 2.00 bits per heavy atom. The summed E-state index contributed by atoms with van der Waals surface area (Å²) in [4.78, 5) is 2.13. The van der Waals surface area contributed by atoms with E-state index in [-0.39, 0.29) is 5.54 Å². The minimum absolute atomic E-state index is 0.266. The molecule has 1 saturated heterocycles. The van der Waals surface area contributed by atoms with Crippen LogP contribution in [0.3, 0.4) is 0 Å². The van der Waals surface area contributed by atoms with Crippen molar-refractivity contribution in [1.82, 2.24) is 4.90 Å². The van der Waals surface area contributed by atoms with Crippen molar-refractivity contribution in [2.24, 2.45) is 0 Å². The Labute approximate surface area is 80.4 Å². The predicted octanol–water partition coefficient (Wildman–Crippen LogP) is 0.602. The van der Waals surface area contributed by atoms with E-state index in [1.54, 1.807) is 13.8 Å². The van der Waals surface area contributed by atoms with Crippen molar-refractivity contribution in [3.05, 3.63) is 0 Å². The maximum absolute atomic E-state index is 10.0. The summed E-state index contributed by atoms with van der Waals surface area (Å²) in [6, 6.07) is 0. The fraction of sp³-hybridized carbons (Fsp3) is 1.00. The normalized spacial score (nSPS) is 33.7. The van der Waals surface area contributed by atoms with Crippen LogP contribution >= 0.6 is 0 Å². The summed E-state index contributed by atoms with van der Waals surface area (Å²) in [5.74, 6) is 0. The highest BCUT2D eigenvalue weighted by Gasteiger charge is 2.46. The van der Waals surface area contributed by atoms with Gasteiger partial charge in [-0.05, 0) is 47.2 Å². The van der Waals surface area contributed by atoms with E-state index in [1.807, 2.05) is 14.0 Å². The molecule has 1 heterocycles. The standard InChI is InChI=1S/C10H21NO2/c1-9(2,13)8(12)10(3)6-5-7-11(10)4/h8,12-13H,5-7H2,1-4H3. The third kappa shape index (κ3) is 1.87. The fourth-order valence-electron chi connectivity index (χ4n) is 2.23. The van der Waals surface area contributed by atoms with E-state index in [9.17, 15) is 10.2 Å². The van der Waals surface area contributed by atoms with Gasteiger partial charge in [-0.3, -0.25) is 4.90 Å². The van der Waals surface area contributed by atoms with E-state index in [0.717, 1.165) is 19.4 Å². The lowest BCUT2D eigenvalue weighted by molar-refractivity contribution is -0.111. The van der Waals surface area contributed by atoms with Crippen LogP contribution in [0.4, 0.5) is 0 Å². The highest BCUT2D eigenvalue weighted by molar-refractivity contribution is 5.01. The number of rotatable bonds is 2. The Morgan fingerprint density at radius 1 is 1.46 bits per heavy atom. The topological polar surface area (TPSA) is 43.7 Å². The minimum Gasteiger partial charge on any atom is -0.388 e. The van der Waals surface area contributed by atoms with Gasteiger partial charge in [-0.1, -0.05) is 0 Å². The molecule has 0 spiro atoms. The fourth-order valence-corrected chi connectivity index (χ4v) is 2.23. The molecule has 0 aromatic carbocycles. The minimum atomic E-state index is -1.02. The summed E-state index contributed by atoms with van der Waals surface area (Å²) in [6.45, 7) is 6.34. The lowest BCUT2D eigenvalue weighted by Gasteiger charge is -2.42. The molecule has 0 aliphatic carbocycles. The number of nitrogens with zero attached hydrogens (tertiary/aromatic N) is 1. The van der Waals surface area contributed by atoms with Crippen LogP contribution in [-0.4, -0.2) is 45.9 Å². The van der Waals surface area contributed by atoms with Crippen molar-refractivity contribution < 1.29 is 10.2 Å². The van der Waals surface area contributed by atoms with Crippen molar-refractivity contribution >= 4 is 0 Å². The number of aliphatic hydroxyl groups excluding tert-OH is 1. The third-order valence-corrected chi connectivity index (χ3v) is 3.31. The van der Waals surface area contributed by atoms with Crippen LogP contribution in [0, 0.1) is 0 Å². The van der Waals surface area contributed by atoms with Crippen molar-refractivity contribution in [3.8, 4) is 0 Å². The molecule has 0 bridgehead atoms. The first kappa shape index (κ1) is 11.0. The zero-order valence-corrected chi connectivity index (χ0v) is 9.04. The van der Waals surface area contributed by atoms with Gasteiger partial charge in [-0.25, -0.2) is 0 Å². The van der Waals surface area contributed by atoms with Gasteiger partial charge in [0, 0.05) is 5.54 Å². The second kappa shape index (κ2) is 3.23. The van der Waals surface area contributed by atoms with E-state index >= 15 is 0 Å². The van der Waals surface area contributed by atoms with Gasteiger partial charge in [-0.15, -0.1) is 0 Å². The molecule has 1 aliphatic heterocycles. The van der Waals surface area contributed by atoms with Crippen LogP contribution in [0.15, 0.2) is 0 Å². The first-order chi connectivity index (χ1) is 5.78. The van der Waals surface area contributed by atoms with Gasteiger partial charge < -0.3 is 10.2 Å². The van der Waals surface area contributed by atoms with E-state index in [1.165, 1.54) is 0 Å². The molecule has 3 nitrogen and oxygen atoms in total. The number of aliphatic hydroxyl groups is 2. The van der Waals surface area contributed by atoms with Crippen molar-refractivity contribution in [3.63, 3.8) is 0 Å². The zero-order chi connectivity index (χ0) is 10.3. The van der Waals surface area contributed by atoms with Crippen LogP contribution in [0.1, 0.15) is 33.6 Å². The van der Waals surface area contributed by atoms with E-state index < -0.39 is 11.7 Å². The molecule has 0 radical (unpaired) electrons. The van der Waals surface area contributed by atoms with Gasteiger partial charge in [0.05, 0.1) is 5.60 Å². The lowest BCUT2D eigenvalue weighted by atomic mass is 9.82. The first-order valence-corrected chi connectivity index (χ1v) is 4.90. The van der Waals surface area contributed by atoms with Crippen molar-refractivity contribution in [1.29, 1.82) is 0 Å². The Hall–Kier alpha value is -0.120. The molecule has 2 unspecified atom stereocenters. The summed E-state index contributed by atoms with van der Waals surface area (Å²) in [7, 11) is 2.00. The van der Waals surface area contributed by atoms with Gasteiger partial charge in [-0.2, -0.15) is 0 Å². The highest BCUT2D eigenvalue weighted by Crippen LogP contribution is 2.34. The molecule has 1 aliphatic rings. The molecule has 78 valence electrons. The van der Waals surface area contributed by atoms with Gasteiger partial charge >= 0.3 is 0 Å². The van der Waals surface area contributed by atoms with Crippen LogP contribution in [0.25, 0.3) is 0 Å². The average Bonchev–Trinajstić information content (AvgIpc) is 2.30. The average molecular weight is 187 g/mol. The summed E-state index contributed by atoms with van der Waals surface area (Å²) in [5.41, 5.74) is -1.29. The molecule has 2 N–H and O–H groups in total. The molecule has 0 amide bonds. The molecule has 1 rings (SSSR count). The molecule has 0 aromatic rings. The molecule has 1 fully saturated rings. The Morgan fingerprint density at radius 3 is 2.31 bits per heavy atom. The Kier molecular flexibility index (Phi) is 2.72. The van der Waals surface area contributed by atoms with Gasteiger partial charge in [0.1, 0.15) is 6.10 Å². The largest absolute Gasteiger partial charge is 0.388 e. The smallest absolute Gasteiger partial charge is 0.100 e. The van der Waals surface area contributed by atoms with Crippen molar-refractivity contribution in [2.75, 3.05) is 13.6 Å². The monoisotopic (exact) mass is 187 g/mol. The third-order valence-electron chi connectivity index (χ3n) is 3.31. The van der Waals surface area contributed by atoms with Crippen LogP contribution in [0.2, 0.25) is 0 Å². The summed E-state index contributed by atoms with van der Waals surface area (Å²) >= 11 is 0. The van der Waals surface area contributed by atoms with Gasteiger partial charge in [0.25, 0.3) is 0 Å². The number of likely N-dealkylation sites (tertiary alicyclic amines) is 1. The molecule has 0 saturated carbocycles. The quantitative estimate of drug-likeness (QED) is 0.665. The van der Waals surface area contributed by atoms with Crippen LogP contribution < -0.4 is 0 Å². The van der Waals surface area contributed by atoms with Crippen molar-refractivity contribution in [2.45, 2.75) is 50.9 Å². The molecular weight excluding hydrogens is 166 g/mol. The number of hydrogen-bond donors (Lipinski definition) is 2. The van der Waals surface area contributed by atoms with Gasteiger partial charge in [0.15, 0.2) is 0 Å². The Balaban J connectivity index is 2.80. The summed E-state index contributed by atoms with van der Waals surface area (Å²) < 4.78 is 0. The molecule has 3 heteroatoms. The highest BCUT2D eigenvalue weighted by atomic mass is 16.3. The number of likely N-dealkylation sites (N-methyl/N-ethyl adjacent to an activating group) is 1. The first-order valence-electron chi connectivity index (χ1n) is 4.90. The van der Waals surface area contributed by atoms with Gasteiger partial charge in [0.2, 0.25) is 0 Å². The van der Waals surface area contributed by atoms with Crippen LogP contribution in [0.5, 0.6) is 0 Å². The summed E-state index contributed by atoms with van der Waals surface area (Å²) in [5, 5.41) is 19.8. The molecule has 2 atom stereocenters. The number of hydrogen-bond acceptors (Lipinski definition) is 3. The lowest BCUT2D eigenvalue weighted by Crippen LogP contribution is -2.57. The van der Waals surface area contributed by atoms with E-state index in [0.29, 0.717) is 0 Å². The second-order valence-electron chi connectivity index (χ2n) is 4.94. The molecular formula is C10H21NO2. The molecule has 13 heavy (non-hydrogen) atoms. The zero-order valence-electron chi connectivity index (χ0n) is 9.04. The second-order valence-corrected chi connectivity index (χ2v) is 4.94. The maximum atomic E-state index is 10.0. The van der Waals surface area contributed by atoms with Crippen LogP contribution in [-0.2, 0) is 0 Å². The van der Waals surface area contributed by atoms with E-state index in [4.69, 9.17) is 0 Å². The summed E-state index contributed by atoms with van der Waals surface area (Å²) in [6.07, 6.45) is 1.36. The maximum Gasteiger partial charge on any atom is 0.100 e. The Bertz CT molecular complexity index is 188. The predicted molar refractivity (Wildman–Crippen MR) is 52.6 cm³/mol. The SMILES string of the molecule is CN1CCCC1(C)C(O)C(C)(C)O. The van der Waals surface area contributed by atoms with E-state index in [2.05, 4.69) is 4.90 Å².